The Morgan fingerprint density at radius 1 is 1.27 bits per heavy atom. The molecule has 2 aliphatic heterocycles. The topological polar surface area (TPSA) is 77.5 Å². The van der Waals surface area contributed by atoms with Gasteiger partial charge < -0.3 is 20.4 Å². The first-order valence-electron chi connectivity index (χ1n) is 10.5. The summed E-state index contributed by atoms with van der Waals surface area (Å²) in [7, 11) is 6.10. The van der Waals surface area contributed by atoms with Gasteiger partial charge in [-0.3, -0.25) is 9.79 Å². The summed E-state index contributed by atoms with van der Waals surface area (Å²) in [6.45, 7) is 4.77. The summed E-state index contributed by atoms with van der Waals surface area (Å²) < 4.78 is 0. The van der Waals surface area contributed by atoms with Gasteiger partial charge in [0, 0.05) is 44.9 Å². The van der Waals surface area contributed by atoms with E-state index in [4.69, 9.17) is 5.73 Å². The molecule has 1 aromatic rings. The van der Waals surface area contributed by atoms with Crippen molar-refractivity contribution in [3.8, 4) is 0 Å². The first-order valence-corrected chi connectivity index (χ1v) is 10.5. The zero-order chi connectivity index (χ0) is 21.4. The van der Waals surface area contributed by atoms with Gasteiger partial charge in [0.25, 0.3) is 5.91 Å². The molecule has 0 fully saturated rings. The number of carbonyl (C=O) groups is 1. The van der Waals surface area contributed by atoms with Gasteiger partial charge in [0.1, 0.15) is 0 Å². The normalized spacial score (nSPS) is 19.1. The van der Waals surface area contributed by atoms with E-state index >= 15 is 0 Å². The highest BCUT2D eigenvalue weighted by molar-refractivity contribution is 6.06. The van der Waals surface area contributed by atoms with Gasteiger partial charge in [-0.05, 0) is 50.7 Å². The van der Waals surface area contributed by atoms with Crippen LogP contribution in [-0.2, 0) is 6.42 Å². The molecule has 0 spiro atoms. The molecule has 3 aliphatic rings. The van der Waals surface area contributed by atoms with Crippen LogP contribution in [0.4, 0.5) is 11.4 Å². The number of likely N-dealkylation sites (N-methyl/N-ethyl adjacent to an activating group) is 3. The number of aliphatic imine (C=N–C) groups is 2. The molecule has 0 saturated heterocycles. The van der Waals surface area contributed by atoms with Gasteiger partial charge in [-0.25, -0.2) is 4.99 Å². The lowest BCUT2D eigenvalue weighted by molar-refractivity contribution is 0.1000. The maximum absolute atomic E-state index is 12.4. The Kier molecular flexibility index (Phi) is 5.47. The summed E-state index contributed by atoms with van der Waals surface area (Å²) in [5.74, 6) is -0.398. The fourth-order valence-corrected chi connectivity index (χ4v) is 4.37. The Morgan fingerprint density at radius 2 is 2.07 bits per heavy atom. The van der Waals surface area contributed by atoms with Gasteiger partial charge in [0.2, 0.25) is 0 Å². The SMILES string of the molecule is CCN1C=NC2=CC(c3cc(N(C)CCN(C)C)c(C(N)=O)c4c3N=CC4)=CCC21. The van der Waals surface area contributed by atoms with E-state index < -0.39 is 5.91 Å². The summed E-state index contributed by atoms with van der Waals surface area (Å²) in [6, 6.07) is 2.40. The van der Waals surface area contributed by atoms with Gasteiger partial charge in [-0.2, -0.15) is 0 Å². The van der Waals surface area contributed by atoms with Crippen molar-refractivity contribution in [3.05, 3.63) is 40.6 Å². The summed E-state index contributed by atoms with van der Waals surface area (Å²) in [5, 5.41) is 0. The number of primary amides is 1. The highest BCUT2D eigenvalue weighted by Crippen LogP contribution is 2.43. The molecule has 4 rings (SSSR count). The van der Waals surface area contributed by atoms with Crippen molar-refractivity contribution in [2.45, 2.75) is 25.8 Å². The van der Waals surface area contributed by atoms with Crippen molar-refractivity contribution in [2.75, 3.05) is 45.7 Å². The van der Waals surface area contributed by atoms with Gasteiger partial charge in [0.15, 0.2) is 0 Å². The van der Waals surface area contributed by atoms with Gasteiger partial charge in [-0.1, -0.05) is 6.08 Å². The van der Waals surface area contributed by atoms with E-state index in [1.807, 2.05) is 33.7 Å². The fraction of sp³-hybridized carbons (Fsp3) is 0.435. The standard InChI is InChI=1S/C23H30N6O/c1-5-29-14-26-18-12-15(6-7-19(18)29)17-13-20(28(4)11-10-27(2)3)21(23(24)30)16-8-9-25-22(16)17/h6,9,12-14,19H,5,7-8,10-11H2,1-4H3,(H2,24,30). The lowest BCUT2D eigenvalue weighted by atomic mass is 9.89. The number of anilines is 1. The summed E-state index contributed by atoms with van der Waals surface area (Å²) in [6.07, 6.45) is 9.78. The van der Waals surface area contributed by atoms with Crippen molar-refractivity contribution in [2.24, 2.45) is 15.7 Å². The van der Waals surface area contributed by atoms with Crippen LogP contribution < -0.4 is 10.6 Å². The zero-order valence-electron chi connectivity index (χ0n) is 18.2. The Balaban J connectivity index is 1.78. The third-order valence-corrected chi connectivity index (χ3v) is 6.07. The largest absolute Gasteiger partial charge is 0.373 e. The average molecular weight is 407 g/mol. The number of nitrogens with two attached hydrogens (primary N) is 1. The van der Waals surface area contributed by atoms with Crippen LogP contribution in [0.2, 0.25) is 0 Å². The number of allylic oxidation sites excluding steroid dienone is 2. The van der Waals surface area contributed by atoms with Crippen molar-refractivity contribution >= 4 is 35.4 Å². The van der Waals surface area contributed by atoms with E-state index in [9.17, 15) is 4.79 Å². The maximum atomic E-state index is 12.4. The number of carbonyl (C=O) groups excluding carboxylic acids is 1. The van der Waals surface area contributed by atoms with Crippen LogP contribution in [0.15, 0.2) is 33.9 Å². The molecule has 0 bridgehead atoms. The van der Waals surface area contributed by atoms with E-state index in [-0.39, 0.29) is 0 Å². The van der Waals surface area contributed by atoms with Gasteiger partial charge in [0.05, 0.1) is 35.0 Å². The minimum Gasteiger partial charge on any atom is -0.373 e. The van der Waals surface area contributed by atoms with Crippen LogP contribution in [0.25, 0.3) is 5.57 Å². The first-order chi connectivity index (χ1) is 14.4. The van der Waals surface area contributed by atoms with Crippen LogP contribution in [0.5, 0.6) is 0 Å². The highest BCUT2D eigenvalue weighted by Gasteiger charge is 2.30. The fourth-order valence-electron chi connectivity index (χ4n) is 4.37. The second-order valence-electron chi connectivity index (χ2n) is 8.31. The van der Waals surface area contributed by atoms with Crippen LogP contribution in [-0.4, -0.2) is 75.1 Å². The van der Waals surface area contributed by atoms with E-state index in [1.54, 1.807) is 0 Å². The molecule has 1 aromatic carbocycles. The minimum absolute atomic E-state index is 0.322. The first kappa shape index (κ1) is 20.3. The molecule has 2 heterocycles. The van der Waals surface area contributed by atoms with Gasteiger partial charge >= 0.3 is 0 Å². The number of rotatable bonds is 7. The molecule has 0 saturated carbocycles. The van der Waals surface area contributed by atoms with E-state index in [0.717, 1.165) is 59.8 Å². The molecule has 30 heavy (non-hydrogen) atoms. The summed E-state index contributed by atoms with van der Waals surface area (Å²) in [4.78, 5) is 28.2. The molecule has 1 atom stereocenters. The highest BCUT2D eigenvalue weighted by atomic mass is 16.1. The van der Waals surface area contributed by atoms with E-state index in [2.05, 4.69) is 49.8 Å². The molecule has 1 unspecified atom stereocenters. The Labute approximate surface area is 178 Å². The number of benzene rings is 1. The van der Waals surface area contributed by atoms with Crippen molar-refractivity contribution in [1.82, 2.24) is 9.80 Å². The zero-order valence-corrected chi connectivity index (χ0v) is 18.2. The molecule has 7 nitrogen and oxygen atoms in total. The Hall–Kier alpha value is -2.93. The molecule has 0 radical (unpaired) electrons. The van der Waals surface area contributed by atoms with Crippen molar-refractivity contribution < 1.29 is 4.79 Å². The number of hydrogen-bond donors (Lipinski definition) is 1. The second kappa shape index (κ2) is 8.07. The second-order valence-corrected chi connectivity index (χ2v) is 8.31. The lowest BCUT2D eigenvalue weighted by Gasteiger charge is -2.28. The maximum Gasteiger partial charge on any atom is 0.251 e. The molecular formula is C23H30N6O. The predicted octanol–water partition coefficient (Wildman–Crippen LogP) is 2.45. The van der Waals surface area contributed by atoms with Crippen molar-refractivity contribution in [1.29, 1.82) is 0 Å². The number of nitrogens with zero attached hydrogens (tertiary/aromatic N) is 5. The van der Waals surface area contributed by atoms with Crippen LogP contribution in [0.3, 0.4) is 0 Å². The third-order valence-electron chi connectivity index (χ3n) is 6.07. The number of fused-ring (bicyclic) bond motifs is 2. The van der Waals surface area contributed by atoms with Crippen LogP contribution in [0.1, 0.15) is 34.8 Å². The molecule has 1 amide bonds. The minimum atomic E-state index is -0.398. The van der Waals surface area contributed by atoms with Gasteiger partial charge in [-0.15, -0.1) is 0 Å². The summed E-state index contributed by atoms with van der Waals surface area (Å²) in [5.41, 5.74) is 12.3. The third kappa shape index (κ3) is 3.54. The predicted molar refractivity (Wildman–Crippen MR) is 124 cm³/mol. The Bertz CT molecular complexity index is 988. The number of hydrogen-bond acceptors (Lipinski definition) is 6. The van der Waals surface area contributed by atoms with E-state index in [1.165, 1.54) is 0 Å². The molecule has 158 valence electrons. The molecule has 0 aromatic heterocycles. The number of amides is 1. The molecular weight excluding hydrogens is 376 g/mol. The Morgan fingerprint density at radius 3 is 2.77 bits per heavy atom. The van der Waals surface area contributed by atoms with E-state index in [0.29, 0.717) is 18.0 Å². The van der Waals surface area contributed by atoms with Crippen molar-refractivity contribution in [3.63, 3.8) is 0 Å². The lowest BCUT2D eigenvalue weighted by Crippen LogP contribution is -2.31. The molecule has 7 heteroatoms. The van der Waals surface area contributed by atoms with Crippen LogP contribution in [0, 0.1) is 0 Å². The smallest absolute Gasteiger partial charge is 0.251 e. The van der Waals surface area contributed by atoms with Crippen LogP contribution >= 0.6 is 0 Å². The average Bonchev–Trinajstić information content (AvgIpc) is 3.36. The molecule has 1 aliphatic carbocycles. The molecule has 2 N–H and O–H groups in total. The summed E-state index contributed by atoms with van der Waals surface area (Å²) >= 11 is 0. The quantitative estimate of drug-likeness (QED) is 0.755. The monoisotopic (exact) mass is 406 g/mol.